The molecule has 3 heterocycles. The van der Waals surface area contributed by atoms with Crippen LogP contribution < -0.4 is 5.32 Å². The quantitative estimate of drug-likeness (QED) is 0.509. The predicted octanol–water partition coefficient (Wildman–Crippen LogP) is 4.08. The van der Waals surface area contributed by atoms with Gasteiger partial charge in [0.1, 0.15) is 0 Å². The molecule has 0 saturated carbocycles. The third kappa shape index (κ3) is 4.12. The smallest absolute Gasteiger partial charge is 0.320 e. The minimum absolute atomic E-state index is 0.0976. The fraction of sp³-hybridized carbons (Fsp3) is 0.105. The van der Waals surface area contributed by atoms with Crippen molar-refractivity contribution in [3.05, 3.63) is 77.0 Å². The maximum atomic E-state index is 13.8. The van der Waals surface area contributed by atoms with Crippen molar-refractivity contribution < 1.29 is 18.0 Å². The van der Waals surface area contributed by atoms with Crippen molar-refractivity contribution in [1.29, 1.82) is 0 Å². The Morgan fingerprint density at radius 2 is 1.74 bits per heavy atom. The fourth-order valence-corrected chi connectivity index (χ4v) is 3.08. The van der Waals surface area contributed by atoms with Gasteiger partial charge in [-0.2, -0.15) is 28.5 Å². The van der Waals surface area contributed by atoms with Gasteiger partial charge in [-0.15, -0.1) is 4.80 Å². The van der Waals surface area contributed by atoms with Crippen LogP contribution in [0.5, 0.6) is 0 Å². The highest BCUT2D eigenvalue weighted by Gasteiger charge is 2.40. The molecule has 0 aliphatic heterocycles. The normalized spacial score (nSPS) is 11.5. The van der Waals surface area contributed by atoms with Crippen LogP contribution in [0.2, 0.25) is 5.02 Å². The molecule has 0 fully saturated rings. The lowest BCUT2D eigenvalue weighted by atomic mass is 10.2. The Hall–Kier alpha value is -3.73. The number of carbonyl (C=O) groups is 1. The number of aromatic nitrogens is 6. The fourth-order valence-electron chi connectivity index (χ4n) is 2.84. The molecule has 0 aliphatic carbocycles. The Labute approximate surface area is 178 Å². The van der Waals surface area contributed by atoms with E-state index in [0.29, 0.717) is 4.68 Å². The summed E-state index contributed by atoms with van der Waals surface area (Å²) in [6, 6.07) is 7.62. The summed E-state index contributed by atoms with van der Waals surface area (Å²) in [7, 11) is 0. The molecule has 4 aromatic rings. The lowest BCUT2D eigenvalue weighted by Crippen LogP contribution is -2.21. The molecule has 31 heavy (non-hydrogen) atoms. The molecule has 0 spiro atoms. The highest BCUT2D eigenvalue weighted by atomic mass is 35.5. The number of nitrogens with zero attached hydrogens (tertiary/aromatic N) is 6. The first kappa shape index (κ1) is 20.5. The number of hydrogen-bond acceptors (Lipinski definition) is 5. The van der Waals surface area contributed by atoms with E-state index in [1.807, 2.05) is 6.92 Å². The summed E-state index contributed by atoms with van der Waals surface area (Å²) in [6.45, 7) is 1.81. The molecule has 158 valence electrons. The number of anilines is 1. The van der Waals surface area contributed by atoms with Crippen molar-refractivity contribution >= 4 is 23.2 Å². The van der Waals surface area contributed by atoms with E-state index in [-0.39, 0.29) is 22.2 Å². The molecule has 0 radical (unpaired) electrons. The van der Waals surface area contributed by atoms with E-state index in [9.17, 15) is 18.0 Å². The Morgan fingerprint density at radius 3 is 2.35 bits per heavy atom. The summed E-state index contributed by atoms with van der Waals surface area (Å²) >= 11 is 6.14. The third-order valence-corrected chi connectivity index (χ3v) is 4.53. The number of alkyl halides is 3. The topological polar surface area (TPSA) is 90.5 Å². The number of nitrogens with one attached hydrogen (secondary N) is 1. The number of pyridine rings is 1. The summed E-state index contributed by atoms with van der Waals surface area (Å²) in [5, 5.41) is 14.0. The monoisotopic (exact) mass is 447 g/mol. The van der Waals surface area contributed by atoms with Crippen LogP contribution in [0.25, 0.3) is 11.5 Å². The molecular weight excluding hydrogens is 435 g/mol. The second-order valence-corrected chi connectivity index (χ2v) is 6.86. The van der Waals surface area contributed by atoms with E-state index < -0.39 is 23.3 Å². The zero-order valence-corrected chi connectivity index (χ0v) is 16.6. The average molecular weight is 448 g/mol. The molecule has 3 aromatic heterocycles. The second kappa shape index (κ2) is 7.84. The number of aryl methyl sites for hydroxylation is 1. The van der Waals surface area contributed by atoms with Crippen LogP contribution in [-0.4, -0.2) is 35.7 Å². The van der Waals surface area contributed by atoms with E-state index in [1.165, 1.54) is 41.6 Å². The number of halogens is 4. The highest BCUT2D eigenvalue weighted by molar-refractivity contribution is 6.32. The van der Waals surface area contributed by atoms with Gasteiger partial charge in [0.2, 0.25) is 0 Å². The first-order chi connectivity index (χ1) is 14.7. The maximum Gasteiger partial charge on any atom is 0.434 e. The molecule has 8 nitrogen and oxygen atoms in total. The summed E-state index contributed by atoms with van der Waals surface area (Å²) in [6.07, 6.45) is 0.144. The van der Waals surface area contributed by atoms with Gasteiger partial charge in [0.15, 0.2) is 11.5 Å². The Morgan fingerprint density at radius 1 is 1.06 bits per heavy atom. The van der Waals surface area contributed by atoms with Crippen LogP contribution in [0, 0.1) is 6.92 Å². The molecule has 1 aromatic carbocycles. The van der Waals surface area contributed by atoms with E-state index >= 15 is 0 Å². The van der Waals surface area contributed by atoms with E-state index in [2.05, 4.69) is 25.6 Å². The Kier molecular flexibility index (Phi) is 5.19. The summed E-state index contributed by atoms with van der Waals surface area (Å²) in [5.74, 6) is -0.804. The van der Waals surface area contributed by atoms with Crippen molar-refractivity contribution in [1.82, 2.24) is 29.8 Å². The van der Waals surface area contributed by atoms with Crippen molar-refractivity contribution in [3.8, 4) is 11.5 Å². The zero-order chi connectivity index (χ0) is 22.2. The van der Waals surface area contributed by atoms with Crippen LogP contribution in [0.3, 0.4) is 0 Å². The van der Waals surface area contributed by atoms with Crippen LogP contribution in [0.1, 0.15) is 21.6 Å². The standard InChI is InChI=1S/C19H13ClF3N7O/c1-11-2-4-13(5-3-11)29-16(19(21,22)23)14(10-27-29)18(31)28-12-8-15(20)17(24-9-12)30-25-6-7-26-30/h2-10H,1H3,(H,28,31). The van der Waals surface area contributed by atoms with Gasteiger partial charge in [0.25, 0.3) is 5.91 Å². The van der Waals surface area contributed by atoms with Crippen LogP contribution in [0.15, 0.2) is 55.1 Å². The first-order valence-corrected chi connectivity index (χ1v) is 9.17. The molecule has 1 amide bonds. The summed E-state index contributed by atoms with van der Waals surface area (Å²) in [4.78, 5) is 17.9. The molecule has 0 aliphatic rings. The zero-order valence-electron chi connectivity index (χ0n) is 15.8. The number of hydrogen-bond donors (Lipinski definition) is 1. The van der Waals surface area contributed by atoms with Gasteiger partial charge < -0.3 is 5.32 Å². The van der Waals surface area contributed by atoms with Gasteiger partial charge in [0.05, 0.1) is 46.7 Å². The molecule has 0 bridgehead atoms. The highest BCUT2D eigenvalue weighted by Crippen LogP contribution is 2.34. The van der Waals surface area contributed by atoms with Crippen molar-refractivity contribution in [3.63, 3.8) is 0 Å². The molecule has 1 N–H and O–H groups in total. The molecule has 0 saturated heterocycles. The minimum Gasteiger partial charge on any atom is -0.320 e. The van der Waals surface area contributed by atoms with Gasteiger partial charge in [-0.05, 0) is 25.1 Å². The Balaban J connectivity index is 1.66. The number of amides is 1. The van der Waals surface area contributed by atoms with Gasteiger partial charge >= 0.3 is 6.18 Å². The third-order valence-electron chi connectivity index (χ3n) is 4.25. The van der Waals surface area contributed by atoms with Gasteiger partial charge in [0, 0.05) is 0 Å². The van der Waals surface area contributed by atoms with Gasteiger partial charge in [-0.25, -0.2) is 9.67 Å². The van der Waals surface area contributed by atoms with Crippen molar-refractivity contribution in [2.45, 2.75) is 13.1 Å². The van der Waals surface area contributed by atoms with E-state index in [1.54, 1.807) is 12.1 Å². The molecule has 4 rings (SSSR count). The van der Waals surface area contributed by atoms with E-state index in [0.717, 1.165) is 11.8 Å². The van der Waals surface area contributed by atoms with Crippen LogP contribution in [-0.2, 0) is 6.18 Å². The first-order valence-electron chi connectivity index (χ1n) is 8.80. The van der Waals surface area contributed by atoms with Gasteiger partial charge in [-0.1, -0.05) is 29.3 Å². The SMILES string of the molecule is Cc1ccc(-n2ncc(C(=O)Nc3cnc(-n4nccn4)c(Cl)c3)c2C(F)(F)F)cc1. The maximum absolute atomic E-state index is 13.8. The van der Waals surface area contributed by atoms with Crippen molar-refractivity contribution in [2.24, 2.45) is 0 Å². The molecule has 0 unspecified atom stereocenters. The minimum atomic E-state index is -4.82. The van der Waals surface area contributed by atoms with Crippen LogP contribution in [0.4, 0.5) is 18.9 Å². The lowest BCUT2D eigenvalue weighted by Gasteiger charge is -2.13. The summed E-state index contributed by atoms with van der Waals surface area (Å²) < 4.78 is 42.1. The number of benzene rings is 1. The second-order valence-electron chi connectivity index (χ2n) is 6.45. The summed E-state index contributed by atoms with van der Waals surface area (Å²) in [5.41, 5.74) is -0.673. The molecule has 0 atom stereocenters. The largest absolute Gasteiger partial charge is 0.434 e. The number of rotatable bonds is 4. The lowest BCUT2D eigenvalue weighted by molar-refractivity contribution is -0.143. The average Bonchev–Trinajstić information content (AvgIpc) is 3.38. The molecular formula is C19H13ClF3N7O. The van der Waals surface area contributed by atoms with Crippen LogP contribution >= 0.6 is 11.6 Å². The predicted molar refractivity (Wildman–Crippen MR) is 105 cm³/mol. The van der Waals surface area contributed by atoms with Gasteiger partial charge in [-0.3, -0.25) is 4.79 Å². The Bertz CT molecular complexity index is 1230. The van der Waals surface area contributed by atoms with E-state index in [4.69, 9.17) is 11.6 Å². The number of carbonyl (C=O) groups excluding carboxylic acids is 1. The molecule has 12 heteroatoms. The van der Waals surface area contributed by atoms with Crippen molar-refractivity contribution in [2.75, 3.05) is 5.32 Å².